The summed E-state index contributed by atoms with van der Waals surface area (Å²) in [6.07, 6.45) is 1.69. The molecule has 118 valence electrons. The van der Waals surface area contributed by atoms with Gasteiger partial charge in [0.15, 0.2) is 5.71 Å². The Labute approximate surface area is 132 Å². The van der Waals surface area contributed by atoms with Gasteiger partial charge in [0.25, 0.3) is 0 Å². The standard InChI is InChI=1S/C16H20N2O3S/c1-5-21-15(19)14(18-22(20)16(2,3)4)12-10-17-13-9-7-6-8-11(12)13/h6-10,17H,5H2,1-4H3/b18-14+. The first-order valence-electron chi connectivity index (χ1n) is 7.09. The fraction of sp³-hybridized carbons (Fsp3) is 0.375. The summed E-state index contributed by atoms with van der Waals surface area (Å²) in [6, 6.07) is 7.57. The topological polar surface area (TPSA) is 71.5 Å². The molecule has 0 aliphatic carbocycles. The van der Waals surface area contributed by atoms with Crippen LogP contribution >= 0.6 is 0 Å². The van der Waals surface area contributed by atoms with Gasteiger partial charge in [-0.2, -0.15) is 4.40 Å². The van der Waals surface area contributed by atoms with Crippen LogP contribution in [0.5, 0.6) is 0 Å². The first-order valence-corrected chi connectivity index (χ1v) is 8.19. The van der Waals surface area contributed by atoms with E-state index in [4.69, 9.17) is 4.74 Å². The zero-order chi connectivity index (χ0) is 16.3. The lowest BCUT2D eigenvalue weighted by Crippen LogP contribution is -2.25. The van der Waals surface area contributed by atoms with Crippen LogP contribution in [0.25, 0.3) is 10.9 Å². The molecule has 6 heteroatoms. The van der Waals surface area contributed by atoms with Gasteiger partial charge in [0, 0.05) is 22.7 Å². The molecule has 0 amide bonds. The van der Waals surface area contributed by atoms with Gasteiger partial charge in [0.1, 0.15) is 11.0 Å². The smallest absolute Gasteiger partial charge is 0.358 e. The zero-order valence-corrected chi connectivity index (χ0v) is 14.0. The quantitative estimate of drug-likeness (QED) is 0.695. The predicted molar refractivity (Wildman–Crippen MR) is 89.4 cm³/mol. The van der Waals surface area contributed by atoms with Crippen molar-refractivity contribution in [2.24, 2.45) is 4.40 Å². The van der Waals surface area contributed by atoms with Gasteiger partial charge >= 0.3 is 5.97 Å². The van der Waals surface area contributed by atoms with E-state index in [2.05, 4.69) is 9.38 Å². The Morgan fingerprint density at radius 2 is 2.00 bits per heavy atom. The van der Waals surface area contributed by atoms with Crippen LogP contribution in [-0.4, -0.2) is 32.2 Å². The molecule has 2 aromatic rings. The number of benzene rings is 1. The number of carbonyl (C=O) groups is 1. The lowest BCUT2D eigenvalue weighted by atomic mass is 10.1. The van der Waals surface area contributed by atoms with Crippen LogP contribution in [0.4, 0.5) is 0 Å². The minimum atomic E-state index is -1.55. The van der Waals surface area contributed by atoms with Crippen LogP contribution < -0.4 is 0 Å². The molecule has 1 aromatic carbocycles. The van der Waals surface area contributed by atoms with Gasteiger partial charge in [-0.15, -0.1) is 0 Å². The zero-order valence-electron chi connectivity index (χ0n) is 13.2. The number of hydrogen-bond donors (Lipinski definition) is 1. The maximum absolute atomic E-state index is 12.3. The van der Waals surface area contributed by atoms with Gasteiger partial charge in [0.2, 0.25) is 0 Å². The monoisotopic (exact) mass is 320 g/mol. The van der Waals surface area contributed by atoms with Gasteiger partial charge in [-0.25, -0.2) is 9.00 Å². The summed E-state index contributed by atoms with van der Waals surface area (Å²) < 4.78 is 21.0. The van der Waals surface area contributed by atoms with E-state index in [1.165, 1.54) is 0 Å². The number of rotatable bonds is 4. The summed E-state index contributed by atoms with van der Waals surface area (Å²) in [5.41, 5.74) is 1.58. The Bertz CT molecular complexity index is 741. The van der Waals surface area contributed by atoms with E-state index in [9.17, 15) is 9.00 Å². The van der Waals surface area contributed by atoms with E-state index in [0.29, 0.717) is 5.56 Å². The molecule has 0 saturated carbocycles. The minimum Gasteiger partial charge on any atom is -0.461 e. The number of aromatic amines is 1. The van der Waals surface area contributed by atoms with Crippen LogP contribution in [0, 0.1) is 0 Å². The lowest BCUT2D eigenvalue weighted by molar-refractivity contribution is -0.134. The summed E-state index contributed by atoms with van der Waals surface area (Å²) in [7, 11) is -1.55. The highest BCUT2D eigenvalue weighted by Gasteiger charge is 2.25. The van der Waals surface area contributed by atoms with E-state index in [1.807, 2.05) is 45.0 Å². The molecule has 1 N–H and O–H groups in total. The van der Waals surface area contributed by atoms with Crippen LogP contribution in [0.1, 0.15) is 33.3 Å². The molecule has 0 radical (unpaired) electrons. The highest BCUT2D eigenvalue weighted by molar-refractivity contribution is 7.85. The Hall–Kier alpha value is -1.95. The largest absolute Gasteiger partial charge is 0.461 e. The van der Waals surface area contributed by atoms with Gasteiger partial charge in [-0.05, 0) is 33.8 Å². The van der Waals surface area contributed by atoms with Crippen molar-refractivity contribution in [2.75, 3.05) is 6.61 Å². The highest BCUT2D eigenvalue weighted by Crippen LogP contribution is 2.21. The highest BCUT2D eigenvalue weighted by atomic mass is 32.2. The third-order valence-electron chi connectivity index (χ3n) is 3.01. The summed E-state index contributed by atoms with van der Waals surface area (Å²) in [5.74, 6) is -0.565. The number of aromatic nitrogens is 1. The molecule has 0 aliphatic rings. The molecular weight excluding hydrogens is 300 g/mol. The Kier molecular flexibility index (Phi) is 4.81. The second-order valence-electron chi connectivity index (χ2n) is 5.77. The van der Waals surface area contributed by atoms with E-state index in [-0.39, 0.29) is 12.3 Å². The number of hydrogen-bond acceptors (Lipinski definition) is 3. The minimum absolute atomic E-state index is 0.0903. The average Bonchev–Trinajstić information content (AvgIpc) is 2.87. The van der Waals surface area contributed by atoms with Crippen molar-refractivity contribution >= 4 is 33.6 Å². The molecule has 1 heterocycles. The third kappa shape index (κ3) is 3.44. The van der Waals surface area contributed by atoms with Gasteiger partial charge < -0.3 is 9.72 Å². The molecule has 1 aromatic heterocycles. The SMILES string of the molecule is CCOC(=O)/C(=N/S(=O)C(C)(C)C)c1c[nH]c2ccccc12. The second kappa shape index (κ2) is 6.44. The fourth-order valence-electron chi connectivity index (χ4n) is 1.88. The van der Waals surface area contributed by atoms with Crippen LogP contribution in [0.3, 0.4) is 0 Å². The van der Waals surface area contributed by atoms with Crippen molar-refractivity contribution in [1.29, 1.82) is 0 Å². The van der Waals surface area contributed by atoms with E-state index in [1.54, 1.807) is 13.1 Å². The summed E-state index contributed by atoms with van der Waals surface area (Å²) >= 11 is 0. The molecule has 22 heavy (non-hydrogen) atoms. The van der Waals surface area contributed by atoms with Crippen molar-refractivity contribution in [3.63, 3.8) is 0 Å². The second-order valence-corrected chi connectivity index (χ2v) is 7.68. The molecular formula is C16H20N2O3S. The number of ether oxygens (including phenoxy) is 1. The molecule has 0 spiro atoms. The van der Waals surface area contributed by atoms with Gasteiger partial charge in [0.05, 0.1) is 11.4 Å². The van der Waals surface area contributed by atoms with Crippen molar-refractivity contribution in [2.45, 2.75) is 32.4 Å². The van der Waals surface area contributed by atoms with Gasteiger partial charge in [-0.3, -0.25) is 0 Å². The van der Waals surface area contributed by atoms with E-state index < -0.39 is 21.7 Å². The number of nitrogens with one attached hydrogen (secondary N) is 1. The molecule has 0 bridgehead atoms. The Morgan fingerprint density at radius 1 is 1.32 bits per heavy atom. The summed E-state index contributed by atoms with van der Waals surface area (Å²) in [4.78, 5) is 15.3. The van der Waals surface area contributed by atoms with E-state index >= 15 is 0 Å². The first-order chi connectivity index (χ1) is 10.3. The number of H-pyrrole nitrogens is 1. The predicted octanol–water partition coefficient (Wildman–Crippen LogP) is 2.98. The normalized spacial score (nSPS) is 14.1. The molecule has 1 atom stereocenters. The first kappa shape index (κ1) is 16.4. The number of para-hydroxylation sites is 1. The lowest BCUT2D eigenvalue weighted by Gasteiger charge is -2.14. The summed E-state index contributed by atoms with van der Waals surface area (Å²) in [6.45, 7) is 7.40. The molecule has 2 rings (SSSR count). The number of fused-ring (bicyclic) bond motifs is 1. The van der Waals surface area contributed by atoms with Crippen LogP contribution in [0.2, 0.25) is 0 Å². The van der Waals surface area contributed by atoms with Crippen molar-refractivity contribution in [1.82, 2.24) is 4.98 Å². The number of esters is 1. The average molecular weight is 320 g/mol. The molecule has 0 fully saturated rings. The number of nitrogens with zero attached hydrogens (tertiary/aromatic N) is 1. The molecule has 0 aliphatic heterocycles. The van der Waals surface area contributed by atoms with E-state index in [0.717, 1.165) is 10.9 Å². The maximum Gasteiger partial charge on any atom is 0.358 e. The number of carbonyl (C=O) groups excluding carboxylic acids is 1. The van der Waals surface area contributed by atoms with Crippen molar-refractivity contribution in [3.8, 4) is 0 Å². The maximum atomic E-state index is 12.3. The molecule has 0 saturated heterocycles. The van der Waals surface area contributed by atoms with Crippen molar-refractivity contribution < 1.29 is 13.7 Å². The molecule has 1 unspecified atom stereocenters. The summed E-state index contributed by atoms with van der Waals surface area (Å²) in [5, 5.41) is 0.847. The van der Waals surface area contributed by atoms with Crippen molar-refractivity contribution in [3.05, 3.63) is 36.0 Å². The van der Waals surface area contributed by atoms with Gasteiger partial charge in [-0.1, -0.05) is 18.2 Å². The Balaban J connectivity index is 2.56. The van der Waals surface area contributed by atoms with Crippen LogP contribution in [0.15, 0.2) is 34.9 Å². The third-order valence-corrected chi connectivity index (χ3v) is 4.41. The molecule has 5 nitrogen and oxygen atoms in total. The Morgan fingerprint density at radius 3 is 2.64 bits per heavy atom. The fourth-order valence-corrected chi connectivity index (χ4v) is 2.50. The van der Waals surface area contributed by atoms with Crippen LogP contribution in [-0.2, 0) is 20.5 Å².